The zero-order valence-electron chi connectivity index (χ0n) is 9.41. The fraction of sp³-hybridized carbons (Fsp3) is 0.455. The van der Waals surface area contributed by atoms with Gasteiger partial charge >= 0.3 is 0 Å². The molecule has 0 aliphatic heterocycles. The average Bonchev–Trinajstić information content (AvgIpc) is 2.28. The van der Waals surface area contributed by atoms with Crippen molar-refractivity contribution in [3.8, 4) is 0 Å². The van der Waals surface area contributed by atoms with Gasteiger partial charge in [-0.25, -0.2) is 0 Å². The number of nitro benzene ring substituents is 1. The highest BCUT2D eigenvalue weighted by Gasteiger charge is 2.20. The van der Waals surface area contributed by atoms with Crippen molar-refractivity contribution >= 4 is 18.3 Å². The second-order valence-corrected chi connectivity index (χ2v) is 4.27. The van der Waals surface area contributed by atoms with Crippen molar-refractivity contribution in [2.24, 2.45) is 0 Å². The Labute approximate surface area is 105 Å². The molecule has 1 rings (SSSR count). The summed E-state index contributed by atoms with van der Waals surface area (Å²) in [5.41, 5.74) is 0.811. The number of hydrogen-bond acceptors (Lipinski definition) is 5. The molecule has 6 heteroatoms. The van der Waals surface area contributed by atoms with Crippen LogP contribution in [0.3, 0.4) is 0 Å². The van der Waals surface area contributed by atoms with Crippen LogP contribution in [-0.2, 0) is 0 Å². The fourth-order valence-electron chi connectivity index (χ4n) is 1.52. The van der Waals surface area contributed by atoms with Gasteiger partial charge < -0.3 is 10.2 Å². The maximum atomic E-state index is 10.7. The first-order valence-electron chi connectivity index (χ1n) is 5.19. The van der Waals surface area contributed by atoms with Crippen molar-refractivity contribution in [2.45, 2.75) is 25.6 Å². The summed E-state index contributed by atoms with van der Waals surface area (Å²) >= 11 is 3.96. The maximum Gasteiger partial charge on any atom is 0.272 e. The SMILES string of the molecule is Cc1ccc(C(O)C(O)CCS)cc1[N+](=O)[O-]. The predicted octanol–water partition coefficient (Wildman–Crippen LogP) is 1.62. The summed E-state index contributed by atoms with van der Waals surface area (Å²) in [7, 11) is 0. The molecule has 5 nitrogen and oxygen atoms in total. The van der Waals surface area contributed by atoms with Crippen LogP contribution in [-0.4, -0.2) is 27.0 Å². The highest BCUT2D eigenvalue weighted by molar-refractivity contribution is 7.80. The molecule has 94 valence electrons. The average molecular weight is 257 g/mol. The second-order valence-electron chi connectivity index (χ2n) is 3.83. The number of benzene rings is 1. The standard InChI is InChI=1S/C11H15NO4S/c1-7-2-3-8(6-9(7)12(15)16)11(14)10(13)4-5-17/h2-3,6,10-11,13-14,17H,4-5H2,1H3. The first-order valence-corrected chi connectivity index (χ1v) is 5.82. The van der Waals surface area contributed by atoms with E-state index in [4.69, 9.17) is 0 Å². The lowest BCUT2D eigenvalue weighted by molar-refractivity contribution is -0.385. The Morgan fingerprint density at radius 3 is 2.65 bits per heavy atom. The number of hydrogen-bond donors (Lipinski definition) is 3. The third kappa shape index (κ3) is 3.42. The third-order valence-corrected chi connectivity index (χ3v) is 2.82. The molecular formula is C11H15NO4S. The number of nitrogens with zero attached hydrogens (tertiary/aromatic N) is 1. The van der Waals surface area contributed by atoms with Gasteiger partial charge in [-0.15, -0.1) is 0 Å². The van der Waals surface area contributed by atoms with Gasteiger partial charge in [-0.1, -0.05) is 12.1 Å². The Morgan fingerprint density at radius 2 is 2.12 bits per heavy atom. The molecule has 0 aromatic heterocycles. The maximum absolute atomic E-state index is 10.7. The zero-order chi connectivity index (χ0) is 13.0. The van der Waals surface area contributed by atoms with Crippen LogP contribution in [0.1, 0.15) is 23.7 Å². The quantitative estimate of drug-likeness (QED) is 0.425. The Kier molecular flexibility index (Phi) is 4.92. The highest BCUT2D eigenvalue weighted by Crippen LogP contribution is 2.25. The summed E-state index contributed by atoms with van der Waals surface area (Å²) in [6, 6.07) is 4.43. The van der Waals surface area contributed by atoms with Crippen LogP contribution in [0, 0.1) is 17.0 Å². The minimum Gasteiger partial charge on any atom is -0.390 e. The van der Waals surface area contributed by atoms with Gasteiger partial charge in [-0.2, -0.15) is 12.6 Å². The molecule has 1 aromatic carbocycles. The Bertz CT molecular complexity index is 410. The number of thiol groups is 1. The Morgan fingerprint density at radius 1 is 1.47 bits per heavy atom. The molecule has 0 fully saturated rings. The van der Waals surface area contributed by atoms with Crippen molar-refractivity contribution < 1.29 is 15.1 Å². The summed E-state index contributed by atoms with van der Waals surface area (Å²) in [5, 5.41) is 30.2. The van der Waals surface area contributed by atoms with Gasteiger partial charge in [0.15, 0.2) is 0 Å². The first kappa shape index (κ1) is 14.0. The number of rotatable bonds is 5. The van der Waals surface area contributed by atoms with Crippen LogP contribution in [0.25, 0.3) is 0 Å². The monoisotopic (exact) mass is 257 g/mol. The zero-order valence-corrected chi connectivity index (χ0v) is 10.3. The molecule has 0 saturated carbocycles. The van der Waals surface area contributed by atoms with Crippen LogP contribution in [0.15, 0.2) is 18.2 Å². The summed E-state index contributed by atoms with van der Waals surface area (Å²) < 4.78 is 0. The molecule has 0 radical (unpaired) electrons. The van der Waals surface area contributed by atoms with E-state index in [0.717, 1.165) is 0 Å². The molecule has 17 heavy (non-hydrogen) atoms. The fourth-order valence-corrected chi connectivity index (χ4v) is 1.78. The molecule has 2 atom stereocenters. The van der Waals surface area contributed by atoms with Crippen LogP contribution in [0.5, 0.6) is 0 Å². The van der Waals surface area contributed by atoms with E-state index < -0.39 is 17.1 Å². The number of aliphatic hydroxyl groups excluding tert-OH is 2. The number of aryl methyl sites for hydroxylation is 1. The lowest BCUT2D eigenvalue weighted by atomic mass is 10.0. The van der Waals surface area contributed by atoms with Crippen molar-refractivity contribution in [3.63, 3.8) is 0 Å². The molecule has 0 aliphatic rings. The highest BCUT2D eigenvalue weighted by atomic mass is 32.1. The van der Waals surface area contributed by atoms with Crippen LogP contribution >= 0.6 is 12.6 Å². The van der Waals surface area contributed by atoms with Crippen molar-refractivity contribution in [1.29, 1.82) is 0 Å². The van der Waals surface area contributed by atoms with E-state index in [9.17, 15) is 20.3 Å². The van der Waals surface area contributed by atoms with E-state index in [0.29, 0.717) is 23.3 Å². The smallest absolute Gasteiger partial charge is 0.272 e. The molecule has 0 spiro atoms. The molecule has 2 unspecified atom stereocenters. The predicted molar refractivity (Wildman–Crippen MR) is 67.3 cm³/mol. The molecule has 0 bridgehead atoms. The van der Waals surface area contributed by atoms with E-state index in [-0.39, 0.29) is 5.69 Å². The van der Waals surface area contributed by atoms with Crippen molar-refractivity contribution in [3.05, 3.63) is 39.4 Å². The van der Waals surface area contributed by atoms with Crippen molar-refractivity contribution in [2.75, 3.05) is 5.75 Å². The molecule has 1 aromatic rings. The summed E-state index contributed by atoms with van der Waals surface area (Å²) in [4.78, 5) is 10.2. The first-order chi connectivity index (χ1) is 7.97. The molecular weight excluding hydrogens is 242 g/mol. The van der Waals surface area contributed by atoms with Crippen LogP contribution in [0.2, 0.25) is 0 Å². The minimum atomic E-state index is -1.12. The van der Waals surface area contributed by atoms with Gasteiger partial charge in [0.25, 0.3) is 5.69 Å². The van der Waals surface area contributed by atoms with E-state index in [1.165, 1.54) is 6.07 Å². The van der Waals surface area contributed by atoms with Gasteiger partial charge in [0.1, 0.15) is 6.10 Å². The number of aliphatic hydroxyl groups is 2. The van der Waals surface area contributed by atoms with Gasteiger partial charge in [0, 0.05) is 11.6 Å². The summed E-state index contributed by atoms with van der Waals surface area (Å²) in [6.45, 7) is 1.62. The van der Waals surface area contributed by atoms with Crippen LogP contribution < -0.4 is 0 Å². The van der Waals surface area contributed by atoms with Crippen molar-refractivity contribution in [1.82, 2.24) is 0 Å². The van der Waals surface area contributed by atoms with E-state index >= 15 is 0 Å². The van der Waals surface area contributed by atoms with E-state index in [2.05, 4.69) is 12.6 Å². The van der Waals surface area contributed by atoms with E-state index in [1.807, 2.05) is 0 Å². The third-order valence-electron chi connectivity index (χ3n) is 2.56. The summed E-state index contributed by atoms with van der Waals surface area (Å²) in [5.74, 6) is 0.437. The second kappa shape index (κ2) is 6.00. The molecule has 0 heterocycles. The largest absolute Gasteiger partial charge is 0.390 e. The molecule has 0 saturated heterocycles. The number of nitro groups is 1. The van der Waals surface area contributed by atoms with Gasteiger partial charge in [0.05, 0.1) is 11.0 Å². The molecule has 2 N–H and O–H groups in total. The normalized spacial score (nSPS) is 14.4. The molecule has 0 aliphatic carbocycles. The minimum absolute atomic E-state index is 0.0559. The topological polar surface area (TPSA) is 83.6 Å². The summed E-state index contributed by atoms with van der Waals surface area (Å²) in [6.07, 6.45) is -1.76. The van der Waals surface area contributed by atoms with Gasteiger partial charge in [-0.05, 0) is 24.7 Å². The van der Waals surface area contributed by atoms with E-state index in [1.54, 1.807) is 19.1 Å². The Balaban J connectivity index is 2.99. The van der Waals surface area contributed by atoms with Gasteiger partial charge in [-0.3, -0.25) is 10.1 Å². The van der Waals surface area contributed by atoms with Crippen LogP contribution in [0.4, 0.5) is 5.69 Å². The lowest BCUT2D eigenvalue weighted by Crippen LogP contribution is -2.18. The van der Waals surface area contributed by atoms with Gasteiger partial charge in [0.2, 0.25) is 0 Å². The lowest BCUT2D eigenvalue weighted by Gasteiger charge is -2.17. The molecule has 0 amide bonds. The Hall–Kier alpha value is -1.11.